The molecule has 1 amide bonds. The Balaban J connectivity index is 1.44. The van der Waals surface area contributed by atoms with Gasteiger partial charge in [-0.25, -0.2) is 4.98 Å². The molecule has 26 heavy (non-hydrogen) atoms. The van der Waals surface area contributed by atoms with Crippen molar-refractivity contribution < 1.29 is 4.79 Å². The smallest absolute Gasteiger partial charge is 0.251 e. The Bertz CT molecular complexity index is 865. The summed E-state index contributed by atoms with van der Waals surface area (Å²) >= 11 is 0. The summed E-state index contributed by atoms with van der Waals surface area (Å²) in [6.07, 6.45) is 7.03. The number of nitrogens with one attached hydrogen (secondary N) is 1. The molecule has 2 aromatic heterocycles. The van der Waals surface area contributed by atoms with E-state index in [1.165, 1.54) is 0 Å². The number of hydrogen-bond acceptors (Lipinski definition) is 5. The van der Waals surface area contributed by atoms with Crippen molar-refractivity contribution in [2.75, 3.05) is 18.0 Å². The lowest BCUT2D eigenvalue weighted by Crippen LogP contribution is -2.48. The minimum absolute atomic E-state index is 0.0622. The van der Waals surface area contributed by atoms with Crippen LogP contribution in [0.25, 0.3) is 5.69 Å². The highest BCUT2D eigenvalue weighted by Gasteiger charge is 2.22. The number of aromatic nitrogens is 4. The number of pyridine rings is 1. The Morgan fingerprint density at radius 2 is 2.00 bits per heavy atom. The molecule has 1 saturated heterocycles. The van der Waals surface area contributed by atoms with Crippen LogP contribution in [-0.2, 0) is 0 Å². The first-order valence-corrected chi connectivity index (χ1v) is 8.71. The largest absolute Gasteiger partial charge is 0.355 e. The highest BCUT2D eigenvalue weighted by molar-refractivity contribution is 5.95. The summed E-state index contributed by atoms with van der Waals surface area (Å²) in [5.74, 6) is 0.897. The van der Waals surface area contributed by atoms with Crippen LogP contribution in [0.5, 0.6) is 0 Å². The minimum Gasteiger partial charge on any atom is -0.355 e. The first kappa shape index (κ1) is 16.3. The third kappa shape index (κ3) is 3.56. The predicted molar refractivity (Wildman–Crippen MR) is 98.3 cm³/mol. The Morgan fingerprint density at radius 3 is 2.81 bits per heavy atom. The van der Waals surface area contributed by atoms with Gasteiger partial charge in [-0.2, -0.15) is 0 Å². The van der Waals surface area contributed by atoms with Gasteiger partial charge in [-0.3, -0.25) is 9.36 Å². The van der Waals surface area contributed by atoms with E-state index in [0.29, 0.717) is 5.56 Å². The number of piperidine rings is 1. The first-order chi connectivity index (χ1) is 12.8. The summed E-state index contributed by atoms with van der Waals surface area (Å²) in [5.41, 5.74) is 1.49. The Labute approximate surface area is 151 Å². The number of carbonyl (C=O) groups is 1. The molecule has 0 radical (unpaired) electrons. The van der Waals surface area contributed by atoms with Crippen LogP contribution in [0.1, 0.15) is 23.2 Å². The number of rotatable bonds is 4. The van der Waals surface area contributed by atoms with E-state index in [4.69, 9.17) is 0 Å². The zero-order valence-corrected chi connectivity index (χ0v) is 14.3. The molecule has 1 aliphatic rings. The normalized spacial score (nSPS) is 17.1. The van der Waals surface area contributed by atoms with Crippen molar-refractivity contribution in [3.63, 3.8) is 0 Å². The van der Waals surface area contributed by atoms with E-state index < -0.39 is 0 Å². The van der Waals surface area contributed by atoms with Gasteiger partial charge in [0.15, 0.2) is 0 Å². The quantitative estimate of drug-likeness (QED) is 0.781. The van der Waals surface area contributed by atoms with Crippen LogP contribution in [0.4, 0.5) is 5.82 Å². The van der Waals surface area contributed by atoms with Crippen molar-refractivity contribution in [3.8, 4) is 5.69 Å². The van der Waals surface area contributed by atoms with Crippen molar-refractivity contribution in [3.05, 3.63) is 66.9 Å². The topological polar surface area (TPSA) is 75.9 Å². The van der Waals surface area contributed by atoms with E-state index in [2.05, 4.69) is 25.4 Å². The maximum atomic E-state index is 12.7. The number of hydrogen-bond donors (Lipinski definition) is 1. The van der Waals surface area contributed by atoms with Crippen LogP contribution in [-0.4, -0.2) is 44.8 Å². The Morgan fingerprint density at radius 1 is 1.12 bits per heavy atom. The fourth-order valence-electron chi connectivity index (χ4n) is 3.25. The third-order valence-corrected chi connectivity index (χ3v) is 4.56. The lowest BCUT2D eigenvalue weighted by molar-refractivity contribution is 0.0933. The molecule has 1 aliphatic heterocycles. The molecular weight excluding hydrogens is 328 g/mol. The molecule has 132 valence electrons. The van der Waals surface area contributed by atoms with Gasteiger partial charge in [-0.05, 0) is 43.2 Å². The number of amides is 1. The van der Waals surface area contributed by atoms with Crippen LogP contribution in [0.2, 0.25) is 0 Å². The highest BCUT2D eigenvalue weighted by atomic mass is 16.1. The van der Waals surface area contributed by atoms with E-state index in [1.54, 1.807) is 23.4 Å². The van der Waals surface area contributed by atoms with Crippen LogP contribution in [0.3, 0.4) is 0 Å². The molecule has 1 aromatic carbocycles. The predicted octanol–water partition coefficient (Wildman–Crippen LogP) is 2.06. The lowest BCUT2D eigenvalue weighted by atomic mass is 10.0. The third-order valence-electron chi connectivity index (χ3n) is 4.56. The van der Waals surface area contributed by atoms with Crippen LogP contribution >= 0.6 is 0 Å². The van der Waals surface area contributed by atoms with Gasteiger partial charge in [0.25, 0.3) is 5.91 Å². The van der Waals surface area contributed by atoms with Gasteiger partial charge in [0.2, 0.25) is 0 Å². The number of anilines is 1. The van der Waals surface area contributed by atoms with Crippen molar-refractivity contribution in [2.45, 2.75) is 18.9 Å². The Hall–Kier alpha value is -3.22. The molecule has 3 aromatic rings. The average Bonchev–Trinajstić information content (AvgIpc) is 3.24. The fourth-order valence-corrected chi connectivity index (χ4v) is 3.25. The minimum atomic E-state index is -0.0622. The van der Waals surface area contributed by atoms with Crippen molar-refractivity contribution in [1.29, 1.82) is 0 Å². The second-order valence-electron chi connectivity index (χ2n) is 6.37. The number of nitrogens with zero attached hydrogens (tertiary/aromatic N) is 5. The SMILES string of the molecule is O=C(N[C@@H]1CCCN(c2ccccn2)C1)c1cccc(-n2cnnc2)c1. The van der Waals surface area contributed by atoms with Gasteiger partial charge in [-0.15, -0.1) is 10.2 Å². The van der Waals surface area contributed by atoms with Gasteiger partial charge in [0, 0.05) is 36.6 Å². The maximum absolute atomic E-state index is 12.7. The van der Waals surface area contributed by atoms with E-state index in [0.717, 1.165) is 37.4 Å². The molecule has 1 fully saturated rings. The molecule has 0 spiro atoms. The van der Waals surface area contributed by atoms with Gasteiger partial charge < -0.3 is 10.2 Å². The van der Waals surface area contributed by atoms with Crippen LogP contribution < -0.4 is 10.2 Å². The highest BCUT2D eigenvalue weighted by Crippen LogP contribution is 2.18. The molecule has 3 heterocycles. The zero-order valence-electron chi connectivity index (χ0n) is 14.3. The van der Waals surface area contributed by atoms with Gasteiger partial charge in [-0.1, -0.05) is 12.1 Å². The summed E-state index contributed by atoms with van der Waals surface area (Å²) < 4.78 is 1.78. The second-order valence-corrected chi connectivity index (χ2v) is 6.37. The summed E-state index contributed by atoms with van der Waals surface area (Å²) in [5, 5.41) is 10.8. The monoisotopic (exact) mass is 348 g/mol. The summed E-state index contributed by atoms with van der Waals surface area (Å²) in [6, 6.07) is 13.5. The Kier molecular flexibility index (Phi) is 4.59. The van der Waals surface area contributed by atoms with E-state index >= 15 is 0 Å². The molecule has 1 N–H and O–H groups in total. The molecule has 7 heteroatoms. The second kappa shape index (κ2) is 7.35. The van der Waals surface area contributed by atoms with Crippen molar-refractivity contribution in [1.82, 2.24) is 25.1 Å². The zero-order chi connectivity index (χ0) is 17.8. The number of benzene rings is 1. The molecule has 0 unspecified atom stereocenters. The van der Waals surface area contributed by atoms with Crippen molar-refractivity contribution >= 4 is 11.7 Å². The molecular formula is C19H20N6O. The van der Waals surface area contributed by atoms with Gasteiger partial charge in [0.1, 0.15) is 18.5 Å². The average molecular weight is 348 g/mol. The molecule has 7 nitrogen and oxygen atoms in total. The first-order valence-electron chi connectivity index (χ1n) is 8.71. The molecule has 1 atom stereocenters. The van der Waals surface area contributed by atoms with Crippen LogP contribution in [0.15, 0.2) is 61.3 Å². The van der Waals surface area contributed by atoms with E-state index in [1.807, 2.05) is 42.5 Å². The molecule has 4 rings (SSSR count). The van der Waals surface area contributed by atoms with Gasteiger partial charge in [0.05, 0.1) is 0 Å². The van der Waals surface area contributed by atoms with Crippen molar-refractivity contribution in [2.24, 2.45) is 0 Å². The molecule has 0 saturated carbocycles. The van der Waals surface area contributed by atoms with E-state index in [9.17, 15) is 4.79 Å². The molecule has 0 bridgehead atoms. The fraction of sp³-hybridized carbons (Fsp3) is 0.263. The molecule has 0 aliphatic carbocycles. The van der Waals surface area contributed by atoms with Gasteiger partial charge >= 0.3 is 0 Å². The van der Waals surface area contributed by atoms with Crippen LogP contribution in [0, 0.1) is 0 Å². The summed E-state index contributed by atoms with van der Waals surface area (Å²) in [6.45, 7) is 1.74. The summed E-state index contributed by atoms with van der Waals surface area (Å²) in [4.78, 5) is 19.3. The lowest BCUT2D eigenvalue weighted by Gasteiger charge is -2.34. The maximum Gasteiger partial charge on any atom is 0.251 e. The van der Waals surface area contributed by atoms with E-state index in [-0.39, 0.29) is 11.9 Å². The summed E-state index contributed by atoms with van der Waals surface area (Å²) in [7, 11) is 0. The number of carbonyl (C=O) groups excluding carboxylic acids is 1. The standard InChI is InChI=1S/C19H20N6O/c26-19(15-5-3-7-17(11-15)25-13-21-22-14-25)23-16-6-4-10-24(12-16)18-8-1-2-9-20-18/h1-3,5,7-9,11,13-14,16H,4,6,10,12H2,(H,23,26)/t16-/m1/s1.